The molecule has 36 heavy (non-hydrogen) atoms. The van der Waals surface area contributed by atoms with Crippen LogP contribution in [0.5, 0.6) is 5.75 Å². The second-order valence-corrected chi connectivity index (χ2v) is 10.3. The average molecular weight is 494 g/mol. The van der Waals surface area contributed by atoms with Crippen molar-refractivity contribution in [3.63, 3.8) is 0 Å². The van der Waals surface area contributed by atoms with Crippen LogP contribution in [0.15, 0.2) is 51.7 Å². The van der Waals surface area contributed by atoms with Crippen LogP contribution in [-0.4, -0.2) is 43.5 Å². The first-order valence-corrected chi connectivity index (χ1v) is 11.8. The highest BCUT2D eigenvalue weighted by Crippen LogP contribution is 2.52. The van der Waals surface area contributed by atoms with E-state index in [9.17, 15) is 34.8 Å². The Hall–Kier alpha value is -3.85. The summed E-state index contributed by atoms with van der Waals surface area (Å²) < 4.78 is 5.26. The number of aliphatic hydroxyl groups is 3. The lowest BCUT2D eigenvalue weighted by Crippen LogP contribution is -2.57. The van der Waals surface area contributed by atoms with Crippen LogP contribution in [0.1, 0.15) is 48.2 Å². The summed E-state index contributed by atoms with van der Waals surface area (Å²) in [7, 11) is 0. The molecule has 1 aromatic heterocycles. The van der Waals surface area contributed by atoms with E-state index in [1.807, 2.05) is 19.9 Å². The zero-order valence-corrected chi connectivity index (χ0v) is 19.9. The number of allylic oxidation sites excluding steroid dienone is 2. The van der Waals surface area contributed by atoms with Gasteiger partial charge >= 0.3 is 0 Å². The number of phenolic OH excluding ortho intramolecular Hbond substituents is 1. The van der Waals surface area contributed by atoms with Crippen LogP contribution in [-0.2, 0) is 22.4 Å². The lowest BCUT2D eigenvalue weighted by molar-refractivity contribution is -0.144. The summed E-state index contributed by atoms with van der Waals surface area (Å²) in [4.78, 5) is 38.8. The van der Waals surface area contributed by atoms with Gasteiger partial charge in [0.25, 0.3) is 5.91 Å². The summed E-state index contributed by atoms with van der Waals surface area (Å²) in [6, 6.07) is 3.60. The molecule has 3 aliphatic carbocycles. The highest BCUT2D eigenvalue weighted by molar-refractivity contribution is 6.24. The minimum absolute atomic E-state index is 0.0148. The molecule has 3 atom stereocenters. The van der Waals surface area contributed by atoms with E-state index >= 15 is 0 Å². The van der Waals surface area contributed by atoms with Crippen molar-refractivity contribution in [1.29, 1.82) is 0 Å². The fourth-order valence-corrected chi connectivity index (χ4v) is 6.01. The van der Waals surface area contributed by atoms with E-state index < -0.39 is 52.0 Å². The van der Waals surface area contributed by atoms with E-state index in [0.717, 1.165) is 11.1 Å². The zero-order chi connectivity index (χ0) is 26.1. The number of hydrogen-bond donors (Lipinski definition) is 5. The van der Waals surface area contributed by atoms with Gasteiger partial charge in [-0.05, 0) is 59.9 Å². The SMILES string of the molecule is CC(C)Cc1cc(-c2ccoc2)c2c(c1O)C(=O)C1=C(O)[C@]3(O)C(=O)C(C(N)=O)=C(O)C[C@@H]3C[C@@H]1C2. The van der Waals surface area contributed by atoms with Crippen molar-refractivity contribution in [3.05, 3.63) is 64.0 Å². The standard InChI is InChI=1S/C27H27NO8/c1-11(2)5-14-8-16(12-3-4-36-10-12)17-7-13-6-15-9-18(29)21(26(28)34)25(33)27(15,35)24(32)19(13)23(31)20(17)22(14)30/h3-4,8,10-11,13,15,29-30,32,35H,5-7,9H2,1-2H3,(H2,28,34)/t13-,15+,27+/m1/s1. The number of phenols is 1. The second kappa shape index (κ2) is 8.09. The average Bonchev–Trinajstić information content (AvgIpc) is 3.32. The van der Waals surface area contributed by atoms with E-state index in [1.165, 1.54) is 6.26 Å². The molecule has 0 saturated heterocycles. The summed E-state index contributed by atoms with van der Waals surface area (Å²) in [6.45, 7) is 3.96. The third-order valence-electron chi connectivity index (χ3n) is 7.60. The Labute approximate surface area is 206 Å². The van der Waals surface area contributed by atoms with Crippen molar-refractivity contribution >= 4 is 17.5 Å². The molecule has 0 aliphatic heterocycles. The van der Waals surface area contributed by atoms with Crippen molar-refractivity contribution in [3.8, 4) is 16.9 Å². The van der Waals surface area contributed by atoms with Gasteiger partial charge in [-0.15, -0.1) is 0 Å². The van der Waals surface area contributed by atoms with Crippen LogP contribution in [0.4, 0.5) is 0 Å². The van der Waals surface area contributed by atoms with Crippen LogP contribution in [0.3, 0.4) is 0 Å². The lowest BCUT2D eigenvalue weighted by atomic mass is 9.60. The summed E-state index contributed by atoms with van der Waals surface area (Å²) in [5.41, 5.74) is 4.31. The molecule has 0 bridgehead atoms. The number of Topliss-reactive ketones (excluding diaryl/α,β-unsaturated/α-hetero) is 2. The largest absolute Gasteiger partial charge is 0.511 e. The molecule has 9 nitrogen and oxygen atoms in total. The molecule has 5 rings (SSSR count). The van der Waals surface area contributed by atoms with Crippen molar-refractivity contribution < 1.29 is 39.2 Å². The van der Waals surface area contributed by atoms with Crippen LogP contribution < -0.4 is 5.73 Å². The normalized spacial score (nSPS) is 25.7. The molecule has 0 unspecified atom stereocenters. The van der Waals surface area contributed by atoms with E-state index in [0.29, 0.717) is 17.5 Å². The Balaban J connectivity index is 1.72. The zero-order valence-electron chi connectivity index (χ0n) is 19.9. The quantitative estimate of drug-likeness (QED) is 0.404. The van der Waals surface area contributed by atoms with Gasteiger partial charge in [-0.3, -0.25) is 14.4 Å². The van der Waals surface area contributed by atoms with Crippen molar-refractivity contribution in [2.75, 3.05) is 0 Å². The number of carbonyl (C=O) groups excluding carboxylic acids is 3. The monoisotopic (exact) mass is 493 g/mol. The smallest absolute Gasteiger partial charge is 0.255 e. The van der Waals surface area contributed by atoms with Crippen LogP contribution in [0.2, 0.25) is 0 Å². The first-order valence-electron chi connectivity index (χ1n) is 11.8. The molecule has 2 aromatic rings. The minimum atomic E-state index is -2.58. The molecule has 188 valence electrons. The van der Waals surface area contributed by atoms with Crippen LogP contribution in [0, 0.1) is 17.8 Å². The number of amides is 1. The topological polar surface area (TPSA) is 171 Å². The van der Waals surface area contributed by atoms with E-state index in [1.54, 1.807) is 12.3 Å². The number of ketones is 2. The maximum atomic E-state index is 13.9. The summed E-state index contributed by atoms with van der Waals surface area (Å²) in [5.74, 6) is -6.14. The fraction of sp³-hybridized carbons (Fsp3) is 0.370. The molecule has 1 aromatic carbocycles. The van der Waals surface area contributed by atoms with E-state index in [4.69, 9.17) is 10.2 Å². The predicted molar refractivity (Wildman–Crippen MR) is 127 cm³/mol. The Morgan fingerprint density at radius 2 is 1.94 bits per heavy atom. The van der Waals surface area contributed by atoms with Gasteiger partial charge in [0.05, 0.1) is 18.1 Å². The number of fused-ring (bicyclic) bond motifs is 3. The molecule has 0 saturated carbocycles. The minimum Gasteiger partial charge on any atom is -0.511 e. The Kier molecular flexibility index (Phi) is 5.37. The maximum Gasteiger partial charge on any atom is 0.255 e. The molecule has 0 radical (unpaired) electrons. The Morgan fingerprint density at radius 3 is 2.56 bits per heavy atom. The first-order chi connectivity index (χ1) is 17.0. The molecule has 1 amide bonds. The molecule has 0 spiro atoms. The molecule has 9 heteroatoms. The molecular formula is C27H27NO8. The van der Waals surface area contributed by atoms with Gasteiger partial charge < -0.3 is 30.6 Å². The van der Waals surface area contributed by atoms with Gasteiger partial charge in [-0.2, -0.15) is 0 Å². The van der Waals surface area contributed by atoms with Gasteiger partial charge in [0, 0.05) is 23.5 Å². The highest BCUT2D eigenvalue weighted by atomic mass is 16.3. The van der Waals surface area contributed by atoms with E-state index in [-0.39, 0.29) is 42.1 Å². The van der Waals surface area contributed by atoms with Gasteiger partial charge in [0.1, 0.15) is 22.8 Å². The number of nitrogens with two attached hydrogens (primary N) is 1. The molecule has 3 aliphatic rings. The molecule has 0 fully saturated rings. The van der Waals surface area contributed by atoms with Crippen molar-refractivity contribution in [2.24, 2.45) is 23.5 Å². The summed E-state index contributed by atoms with van der Waals surface area (Å²) in [6.07, 6.45) is 3.61. The number of carbonyl (C=O) groups is 3. The van der Waals surface area contributed by atoms with E-state index in [2.05, 4.69) is 0 Å². The van der Waals surface area contributed by atoms with Gasteiger partial charge in [-0.25, -0.2) is 0 Å². The lowest BCUT2D eigenvalue weighted by Gasteiger charge is -2.45. The van der Waals surface area contributed by atoms with Gasteiger partial charge in [0.15, 0.2) is 11.4 Å². The maximum absolute atomic E-state index is 13.9. The number of furan rings is 1. The Morgan fingerprint density at radius 1 is 1.22 bits per heavy atom. The van der Waals surface area contributed by atoms with Crippen molar-refractivity contribution in [2.45, 2.75) is 45.1 Å². The fourth-order valence-electron chi connectivity index (χ4n) is 6.01. The molecule has 1 heterocycles. The summed E-state index contributed by atoms with van der Waals surface area (Å²) in [5, 5.41) is 44.1. The number of benzene rings is 1. The van der Waals surface area contributed by atoms with Crippen molar-refractivity contribution in [1.82, 2.24) is 0 Å². The summed E-state index contributed by atoms with van der Waals surface area (Å²) >= 11 is 0. The Bertz CT molecular complexity index is 1380. The third kappa shape index (κ3) is 3.22. The number of primary amides is 1. The van der Waals surface area contributed by atoms with Crippen LogP contribution >= 0.6 is 0 Å². The molecule has 6 N–H and O–H groups in total. The highest BCUT2D eigenvalue weighted by Gasteiger charge is 2.59. The van der Waals surface area contributed by atoms with Crippen LogP contribution in [0.25, 0.3) is 11.1 Å². The number of aliphatic hydroxyl groups excluding tert-OH is 2. The van der Waals surface area contributed by atoms with Gasteiger partial charge in [-0.1, -0.05) is 13.8 Å². The predicted octanol–water partition coefficient (Wildman–Crippen LogP) is 3.04. The first kappa shape index (κ1) is 23.9. The number of rotatable bonds is 4. The molecular weight excluding hydrogens is 466 g/mol. The third-order valence-corrected chi connectivity index (χ3v) is 7.60. The number of hydrogen-bond acceptors (Lipinski definition) is 8. The number of aromatic hydroxyl groups is 1. The van der Waals surface area contributed by atoms with Gasteiger partial charge in [0.2, 0.25) is 5.78 Å². The second-order valence-electron chi connectivity index (χ2n) is 10.3.